The van der Waals surface area contributed by atoms with E-state index in [9.17, 15) is 9.18 Å². The minimum absolute atomic E-state index is 0.109. The Morgan fingerprint density at radius 3 is 2.81 bits per heavy atom. The molecular weight excluding hydrogens is 409 g/mol. The number of H-pyrrole nitrogens is 1. The number of halogens is 1. The number of aromatic amines is 1. The highest BCUT2D eigenvalue weighted by molar-refractivity contribution is 5.86. The number of aryl methyl sites for hydroxylation is 1. The van der Waals surface area contributed by atoms with E-state index in [-0.39, 0.29) is 24.1 Å². The van der Waals surface area contributed by atoms with Gasteiger partial charge in [-0.05, 0) is 75.6 Å². The fourth-order valence-electron chi connectivity index (χ4n) is 4.31. The molecule has 0 spiro atoms. The van der Waals surface area contributed by atoms with Crippen molar-refractivity contribution in [1.29, 1.82) is 0 Å². The van der Waals surface area contributed by atoms with E-state index in [1.807, 2.05) is 20.2 Å². The Kier molecular flexibility index (Phi) is 6.43. The second-order valence-electron chi connectivity index (χ2n) is 8.67. The van der Waals surface area contributed by atoms with E-state index in [2.05, 4.69) is 21.9 Å². The molecule has 0 aliphatic carbocycles. The maximum Gasteiger partial charge on any atom is 0.239 e. The standard InChI is InChI=1S/C24H30FN5O2/c1-15-14-28-23-22(15)21(6-9-27-23)32-20-5-4-16(12-18(20)25)13-19(26)24(31)30(3)17-7-10-29(2)11-8-17/h4-6,9,12,14,17,19H,7-8,10-11,13,26H2,1-3H3,(H,27,28)/t19-/m0/s1. The second-order valence-corrected chi connectivity index (χ2v) is 8.67. The number of hydrogen-bond donors (Lipinski definition) is 2. The molecule has 0 unspecified atom stereocenters. The van der Waals surface area contributed by atoms with Crippen molar-refractivity contribution in [1.82, 2.24) is 19.8 Å². The Bertz CT molecular complexity index is 1110. The minimum Gasteiger partial charge on any atom is -0.453 e. The number of ether oxygens (including phenoxy) is 1. The zero-order valence-electron chi connectivity index (χ0n) is 18.8. The third-order valence-electron chi connectivity index (χ3n) is 6.30. The molecule has 32 heavy (non-hydrogen) atoms. The topological polar surface area (TPSA) is 87.5 Å². The number of amides is 1. The molecule has 4 rings (SSSR count). The summed E-state index contributed by atoms with van der Waals surface area (Å²) in [6.07, 6.45) is 5.60. The molecule has 0 bridgehead atoms. The van der Waals surface area contributed by atoms with Crippen molar-refractivity contribution in [3.8, 4) is 11.5 Å². The van der Waals surface area contributed by atoms with Crippen molar-refractivity contribution >= 4 is 16.9 Å². The van der Waals surface area contributed by atoms with Gasteiger partial charge in [-0.2, -0.15) is 0 Å². The van der Waals surface area contributed by atoms with Crippen LogP contribution in [-0.2, 0) is 11.2 Å². The van der Waals surface area contributed by atoms with Crippen LogP contribution in [0.25, 0.3) is 11.0 Å². The number of carbonyl (C=O) groups is 1. The fourth-order valence-corrected chi connectivity index (χ4v) is 4.31. The van der Waals surface area contributed by atoms with Crippen LogP contribution >= 0.6 is 0 Å². The number of fused-ring (bicyclic) bond motifs is 1. The number of nitrogens with one attached hydrogen (secondary N) is 1. The van der Waals surface area contributed by atoms with Crippen LogP contribution in [0.2, 0.25) is 0 Å². The summed E-state index contributed by atoms with van der Waals surface area (Å²) in [6, 6.07) is 5.92. The molecule has 170 valence electrons. The summed E-state index contributed by atoms with van der Waals surface area (Å²) in [7, 11) is 3.90. The van der Waals surface area contributed by atoms with E-state index in [0.717, 1.165) is 36.9 Å². The van der Waals surface area contributed by atoms with Crippen LogP contribution in [0.15, 0.2) is 36.7 Å². The van der Waals surface area contributed by atoms with Crippen LogP contribution in [0.1, 0.15) is 24.0 Å². The van der Waals surface area contributed by atoms with Gasteiger partial charge in [0.1, 0.15) is 11.4 Å². The van der Waals surface area contributed by atoms with E-state index < -0.39 is 11.9 Å². The van der Waals surface area contributed by atoms with Gasteiger partial charge in [-0.25, -0.2) is 9.37 Å². The molecule has 3 N–H and O–H groups in total. The molecule has 8 heteroatoms. The highest BCUT2D eigenvalue weighted by atomic mass is 19.1. The molecule has 0 radical (unpaired) electrons. The number of hydrogen-bond acceptors (Lipinski definition) is 5. The highest BCUT2D eigenvalue weighted by Crippen LogP contribution is 2.32. The predicted octanol–water partition coefficient (Wildman–Crippen LogP) is 3.23. The van der Waals surface area contributed by atoms with E-state index in [0.29, 0.717) is 17.0 Å². The molecule has 0 saturated carbocycles. The van der Waals surface area contributed by atoms with E-state index in [4.69, 9.17) is 10.5 Å². The average molecular weight is 440 g/mol. The van der Waals surface area contributed by atoms with Crippen LogP contribution in [0.3, 0.4) is 0 Å². The van der Waals surface area contributed by atoms with Gasteiger partial charge in [0, 0.05) is 25.5 Å². The molecule has 1 aliphatic rings. The van der Waals surface area contributed by atoms with Gasteiger partial charge in [-0.1, -0.05) is 6.07 Å². The summed E-state index contributed by atoms with van der Waals surface area (Å²) in [5, 5.41) is 0.820. The van der Waals surface area contributed by atoms with Gasteiger partial charge < -0.3 is 25.3 Å². The number of carbonyl (C=O) groups excluding carboxylic acids is 1. The van der Waals surface area contributed by atoms with Gasteiger partial charge in [0.25, 0.3) is 0 Å². The number of rotatable bonds is 6. The molecule has 1 amide bonds. The zero-order chi connectivity index (χ0) is 22.8. The first-order valence-electron chi connectivity index (χ1n) is 10.9. The Morgan fingerprint density at radius 1 is 1.34 bits per heavy atom. The molecule has 1 aliphatic heterocycles. The number of benzene rings is 1. The van der Waals surface area contributed by atoms with Gasteiger partial charge in [0.15, 0.2) is 11.6 Å². The number of nitrogens with two attached hydrogens (primary N) is 1. The second kappa shape index (κ2) is 9.26. The first-order chi connectivity index (χ1) is 15.3. The molecule has 1 aromatic carbocycles. The molecule has 3 aromatic rings. The summed E-state index contributed by atoms with van der Waals surface area (Å²) in [6.45, 7) is 3.88. The Morgan fingerprint density at radius 2 is 2.09 bits per heavy atom. The van der Waals surface area contributed by atoms with Gasteiger partial charge in [0.2, 0.25) is 5.91 Å². The molecule has 1 saturated heterocycles. The summed E-state index contributed by atoms with van der Waals surface area (Å²) < 4.78 is 20.7. The number of aromatic nitrogens is 2. The quantitative estimate of drug-likeness (QED) is 0.616. The zero-order valence-corrected chi connectivity index (χ0v) is 18.8. The van der Waals surface area contributed by atoms with Crippen molar-refractivity contribution in [3.63, 3.8) is 0 Å². The van der Waals surface area contributed by atoms with Crippen molar-refractivity contribution in [2.24, 2.45) is 5.73 Å². The first-order valence-corrected chi connectivity index (χ1v) is 10.9. The summed E-state index contributed by atoms with van der Waals surface area (Å²) in [5.41, 5.74) is 8.52. The number of nitrogens with zero attached hydrogens (tertiary/aromatic N) is 3. The lowest BCUT2D eigenvalue weighted by molar-refractivity contribution is -0.134. The third-order valence-corrected chi connectivity index (χ3v) is 6.30. The molecule has 7 nitrogen and oxygen atoms in total. The molecule has 3 heterocycles. The van der Waals surface area contributed by atoms with Gasteiger partial charge in [0.05, 0.1) is 11.4 Å². The van der Waals surface area contributed by atoms with Gasteiger partial charge in [-0.3, -0.25) is 4.79 Å². The van der Waals surface area contributed by atoms with Crippen LogP contribution < -0.4 is 10.5 Å². The van der Waals surface area contributed by atoms with Crippen molar-refractivity contribution in [3.05, 3.63) is 53.6 Å². The van der Waals surface area contributed by atoms with E-state index in [1.54, 1.807) is 29.3 Å². The Hall–Kier alpha value is -2.97. The summed E-state index contributed by atoms with van der Waals surface area (Å²) >= 11 is 0. The smallest absolute Gasteiger partial charge is 0.239 e. The van der Waals surface area contributed by atoms with Gasteiger partial charge in [-0.15, -0.1) is 0 Å². The van der Waals surface area contributed by atoms with Crippen LogP contribution in [0.4, 0.5) is 4.39 Å². The maximum absolute atomic E-state index is 14.8. The molecule has 2 aromatic heterocycles. The fraction of sp³-hybridized carbons (Fsp3) is 0.417. The lowest BCUT2D eigenvalue weighted by Crippen LogP contribution is -2.50. The van der Waals surface area contributed by atoms with Gasteiger partial charge >= 0.3 is 0 Å². The normalized spacial score (nSPS) is 16.3. The van der Waals surface area contributed by atoms with Crippen LogP contribution in [-0.4, -0.2) is 64.9 Å². The largest absolute Gasteiger partial charge is 0.453 e. The van der Waals surface area contributed by atoms with Crippen LogP contribution in [0.5, 0.6) is 11.5 Å². The van der Waals surface area contributed by atoms with Crippen molar-refractivity contribution in [2.45, 2.75) is 38.3 Å². The third kappa shape index (κ3) is 4.61. The molecule has 1 atom stereocenters. The lowest BCUT2D eigenvalue weighted by Gasteiger charge is -2.36. The Balaban J connectivity index is 1.42. The summed E-state index contributed by atoms with van der Waals surface area (Å²) in [5.74, 6) is 0.0450. The van der Waals surface area contributed by atoms with E-state index >= 15 is 0 Å². The Labute approximate surface area is 187 Å². The van der Waals surface area contributed by atoms with Crippen molar-refractivity contribution in [2.75, 3.05) is 27.2 Å². The average Bonchev–Trinajstić information content (AvgIpc) is 3.17. The number of likely N-dealkylation sites (tertiary alicyclic amines) is 1. The molecular formula is C24H30FN5O2. The van der Waals surface area contributed by atoms with Crippen LogP contribution in [0, 0.1) is 12.7 Å². The number of pyridine rings is 1. The minimum atomic E-state index is -0.715. The highest BCUT2D eigenvalue weighted by Gasteiger charge is 2.27. The summed E-state index contributed by atoms with van der Waals surface area (Å²) in [4.78, 5) is 24.2. The predicted molar refractivity (Wildman–Crippen MR) is 122 cm³/mol. The SMILES string of the molecule is Cc1c[nH]c2nccc(Oc3ccc(C[C@H](N)C(=O)N(C)C4CCN(C)CC4)cc3F)c12. The van der Waals surface area contributed by atoms with Crippen molar-refractivity contribution < 1.29 is 13.9 Å². The van der Waals surface area contributed by atoms with E-state index in [1.165, 1.54) is 6.07 Å². The first kappa shape index (κ1) is 22.2. The maximum atomic E-state index is 14.8. The number of piperidine rings is 1. The molecule has 1 fully saturated rings. The lowest BCUT2D eigenvalue weighted by atomic mass is 10.0. The number of likely N-dealkylation sites (N-methyl/N-ethyl adjacent to an activating group) is 1. The monoisotopic (exact) mass is 439 g/mol.